The summed E-state index contributed by atoms with van der Waals surface area (Å²) in [5.41, 5.74) is 1.62. The number of benzene rings is 1. The van der Waals surface area contributed by atoms with Gasteiger partial charge in [-0.05, 0) is 58.1 Å². The number of ether oxygens (including phenoxy) is 1. The lowest BCUT2D eigenvalue weighted by Crippen LogP contribution is -2.50. The van der Waals surface area contributed by atoms with Crippen LogP contribution in [0.15, 0.2) is 24.3 Å². The fourth-order valence-corrected chi connectivity index (χ4v) is 3.85. The lowest BCUT2D eigenvalue weighted by Gasteiger charge is -2.32. The van der Waals surface area contributed by atoms with E-state index in [-0.39, 0.29) is 29.7 Å². The maximum atomic E-state index is 12.4. The molecule has 2 fully saturated rings. The summed E-state index contributed by atoms with van der Waals surface area (Å²) in [6.07, 6.45) is 3.67. The second-order valence-corrected chi connectivity index (χ2v) is 8.27. The van der Waals surface area contributed by atoms with Crippen molar-refractivity contribution in [3.8, 4) is 0 Å². The van der Waals surface area contributed by atoms with Crippen LogP contribution in [-0.4, -0.2) is 54.2 Å². The topological polar surface area (TPSA) is 70.7 Å². The summed E-state index contributed by atoms with van der Waals surface area (Å²) < 4.78 is 5.92. The van der Waals surface area contributed by atoms with Gasteiger partial charge in [0.1, 0.15) is 0 Å². The second-order valence-electron chi connectivity index (χ2n) is 8.27. The third-order valence-corrected chi connectivity index (χ3v) is 5.54. The standard InChI is InChI=1S/C21H31N3O3/c1-15-6-4-5-7-18(15)19(25)23-16-9-12-24(13-10-16)20(26)22-14-17-8-11-21(2,3)27-17/h4-7,16-17H,8-14H2,1-3H3,(H,22,26)(H,23,25). The normalized spacial score (nSPS) is 22.5. The van der Waals surface area contributed by atoms with Crippen LogP contribution in [0.2, 0.25) is 0 Å². The Bertz CT molecular complexity index is 681. The Hall–Kier alpha value is -2.08. The molecule has 0 aliphatic carbocycles. The van der Waals surface area contributed by atoms with Gasteiger partial charge in [-0.1, -0.05) is 18.2 Å². The van der Waals surface area contributed by atoms with Gasteiger partial charge in [-0.25, -0.2) is 4.79 Å². The number of urea groups is 1. The first-order chi connectivity index (χ1) is 12.8. The van der Waals surface area contributed by atoms with E-state index in [4.69, 9.17) is 4.74 Å². The van der Waals surface area contributed by atoms with Gasteiger partial charge in [0.2, 0.25) is 0 Å². The van der Waals surface area contributed by atoms with Crippen LogP contribution in [0.3, 0.4) is 0 Å². The quantitative estimate of drug-likeness (QED) is 0.853. The predicted octanol–water partition coefficient (Wildman–Crippen LogP) is 2.86. The van der Waals surface area contributed by atoms with E-state index in [0.29, 0.717) is 19.6 Å². The van der Waals surface area contributed by atoms with E-state index in [9.17, 15) is 9.59 Å². The molecule has 1 aromatic carbocycles. The highest BCUT2D eigenvalue weighted by molar-refractivity contribution is 5.95. The van der Waals surface area contributed by atoms with Crippen LogP contribution < -0.4 is 10.6 Å². The van der Waals surface area contributed by atoms with Crippen molar-refractivity contribution in [1.29, 1.82) is 0 Å². The highest BCUT2D eigenvalue weighted by atomic mass is 16.5. The molecule has 148 valence electrons. The van der Waals surface area contributed by atoms with Crippen LogP contribution in [0.4, 0.5) is 4.79 Å². The molecule has 6 heteroatoms. The highest BCUT2D eigenvalue weighted by Crippen LogP contribution is 2.28. The van der Waals surface area contributed by atoms with E-state index < -0.39 is 0 Å². The minimum atomic E-state index is -0.0803. The van der Waals surface area contributed by atoms with E-state index in [1.54, 1.807) is 0 Å². The van der Waals surface area contributed by atoms with Crippen LogP contribution >= 0.6 is 0 Å². The highest BCUT2D eigenvalue weighted by Gasteiger charge is 2.32. The first kappa shape index (κ1) is 19.7. The van der Waals surface area contributed by atoms with Crippen molar-refractivity contribution in [3.05, 3.63) is 35.4 Å². The minimum absolute atomic E-state index is 0.0306. The number of hydrogen-bond acceptors (Lipinski definition) is 3. The second kappa shape index (κ2) is 8.30. The molecule has 3 amide bonds. The molecule has 1 aromatic rings. The number of nitrogens with one attached hydrogen (secondary N) is 2. The van der Waals surface area contributed by atoms with Crippen LogP contribution in [0.25, 0.3) is 0 Å². The number of carbonyl (C=O) groups excluding carboxylic acids is 2. The Kier molecular flexibility index (Phi) is 6.05. The average Bonchev–Trinajstić information content (AvgIpc) is 2.99. The van der Waals surface area contributed by atoms with E-state index in [0.717, 1.165) is 36.8 Å². The van der Waals surface area contributed by atoms with Crippen molar-refractivity contribution in [2.24, 2.45) is 0 Å². The number of hydrogen-bond donors (Lipinski definition) is 2. The average molecular weight is 373 g/mol. The molecule has 1 atom stereocenters. The zero-order valence-electron chi connectivity index (χ0n) is 16.6. The van der Waals surface area contributed by atoms with E-state index in [1.165, 1.54) is 0 Å². The van der Waals surface area contributed by atoms with Crippen molar-refractivity contribution in [2.45, 2.75) is 64.2 Å². The Balaban J connectivity index is 1.40. The SMILES string of the molecule is Cc1ccccc1C(=O)NC1CCN(C(=O)NCC2CCC(C)(C)O2)CC1. The first-order valence-corrected chi connectivity index (χ1v) is 9.91. The predicted molar refractivity (Wildman–Crippen MR) is 105 cm³/mol. The largest absolute Gasteiger partial charge is 0.371 e. The Morgan fingerprint density at radius 3 is 2.52 bits per heavy atom. The summed E-state index contributed by atoms with van der Waals surface area (Å²) >= 11 is 0. The van der Waals surface area contributed by atoms with Gasteiger partial charge in [-0.15, -0.1) is 0 Å². The molecular weight excluding hydrogens is 342 g/mol. The van der Waals surface area contributed by atoms with Crippen molar-refractivity contribution in [1.82, 2.24) is 15.5 Å². The Morgan fingerprint density at radius 1 is 1.19 bits per heavy atom. The molecule has 2 saturated heterocycles. The fraction of sp³-hybridized carbons (Fsp3) is 0.619. The number of aryl methyl sites for hydroxylation is 1. The summed E-state index contributed by atoms with van der Waals surface area (Å²) in [5, 5.41) is 6.10. The summed E-state index contributed by atoms with van der Waals surface area (Å²) in [4.78, 5) is 26.6. The van der Waals surface area contributed by atoms with Gasteiger partial charge >= 0.3 is 6.03 Å². The summed E-state index contributed by atoms with van der Waals surface area (Å²) in [6, 6.07) is 7.67. The monoisotopic (exact) mass is 373 g/mol. The molecule has 0 saturated carbocycles. The maximum Gasteiger partial charge on any atom is 0.317 e. The van der Waals surface area contributed by atoms with Crippen LogP contribution in [-0.2, 0) is 4.74 Å². The van der Waals surface area contributed by atoms with Crippen molar-refractivity contribution in [3.63, 3.8) is 0 Å². The van der Waals surface area contributed by atoms with Crippen LogP contribution in [0.1, 0.15) is 55.5 Å². The van der Waals surface area contributed by atoms with Crippen LogP contribution in [0, 0.1) is 6.92 Å². The molecule has 6 nitrogen and oxygen atoms in total. The smallest absolute Gasteiger partial charge is 0.317 e. The van der Waals surface area contributed by atoms with Gasteiger partial charge in [0.05, 0.1) is 11.7 Å². The van der Waals surface area contributed by atoms with Gasteiger partial charge in [0.15, 0.2) is 0 Å². The van der Waals surface area contributed by atoms with Crippen LogP contribution in [0.5, 0.6) is 0 Å². The summed E-state index contributed by atoms with van der Waals surface area (Å²) in [7, 11) is 0. The lowest BCUT2D eigenvalue weighted by molar-refractivity contribution is -0.0136. The Labute approximate surface area is 161 Å². The molecule has 0 bridgehead atoms. The molecule has 2 heterocycles. The fourth-order valence-electron chi connectivity index (χ4n) is 3.85. The van der Waals surface area contributed by atoms with Crippen molar-refractivity contribution >= 4 is 11.9 Å². The number of likely N-dealkylation sites (tertiary alicyclic amines) is 1. The van der Waals surface area contributed by atoms with E-state index in [2.05, 4.69) is 24.5 Å². The third kappa shape index (κ3) is 5.22. The molecule has 2 N–H and O–H groups in total. The number of amides is 3. The first-order valence-electron chi connectivity index (χ1n) is 9.91. The number of piperidine rings is 1. The molecular formula is C21H31N3O3. The van der Waals surface area contributed by atoms with Gasteiger partial charge in [0.25, 0.3) is 5.91 Å². The third-order valence-electron chi connectivity index (χ3n) is 5.54. The van der Waals surface area contributed by atoms with Gasteiger partial charge in [0, 0.05) is 31.2 Å². The van der Waals surface area contributed by atoms with Crippen molar-refractivity contribution in [2.75, 3.05) is 19.6 Å². The summed E-state index contributed by atoms with van der Waals surface area (Å²) in [6.45, 7) is 7.99. The lowest BCUT2D eigenvalue weighted by atomic mass is 10.0. The molecule has 3 rings (SSSR count). The number of carbonyl (C=O) groups is 2. The number of nitrogens with zero attached hydrogens (tertiary/aromatic N) is 1. The molecule has 0 radical (unpaired) electrons. The summed E-state index contributed by atoms with van der Waals surface area (Å²) in [5.74, 6) is -0.0306. The zero-order valence-corrected chi connectivity index (χ0v) is 16.6. The van der Waals surface area contributed by atoms with E-state index >= 15 is 0 Å². The Morgan fingerprint density at radius 2 is 1.89 bits per heavy atom. The van der Waals surface area contributed by atoms with Gasteiger partial charge < -0.3 is 20.3 Å². The molecule has 0 aromatic heterocycles. The molecule has 1 unspecified atom stereocenters. The van der Waals surface area contributed by atoms with Gasteiger partial charge in [-0.2, -0.15) is 0 Å². The molecule has 0 spiro atoms. The minimum Gasteiger partial charge on any atom is -0.371 e. The van der Waals surface area contributed by atoms with Gasteiger partial charge in [-0.3, -0.25) is 4.79 Å². The zero-order chi connectivity index (χ0) is 19.4. The molecule has 27 heavy (non-hydrogen) atoms. The molecule has 2 aliphatic heterocycles. The van der Waals surface area contributed by atoms with E-state index in [1.807, 2.05) is 36.1 Å². The maximum absolute atomic E-state index is 12.4. The number of rotatable bonds is 4. The molecule has 2 aliphatic rings. The van der Waals surface area contributed by atoms with Crippen molar-refractivity contribution < 1.29 is 14.3 Å².